The number of ether oxygens (including phenoxy) is 1. The number of esters is 1. The van der Waals surface area contributed by atoms with Gasteiger partial charge in [0.15, 0.2) is 5.92 Å². The van der Waals surface area contributed by atoms with Gasteiger partial charge in [-0.25, -0.2) is 0 Å². The van der Waals surface area contributed by atoms with Gasteiger partial charge in [0.25, 0.3) is 0 Å². The van der Waals surface area contributed by atoms with Gasteiger partial charge in [-0.2, -0.15) is 13.2 Å². The normalized spacial score (nSPS) is 14.2. The summed E-state index contributed by atoms with van der Waals surface area (Å²) in [6, 6.07) is 7.17. The minimum absolute atomic E-state index is 0.0250. The van der Waals surface area contributed by atoms with E-state index in [1.54, 1.807) is 12.1 Å². The summed E-state index contributed by atoms with van der Waals surface area (Å²) in [4.78, 5) is 11.2. The summed E-state index contributed by atoms with van der Waals surface area (Å²) in [7, 11) is 0.938. The van der Waals surface area contributed by atoms with Crippen molar-refractivity contribution >= 4 is 12.0 Å². The lowest BCUT2D eigenvalue weighted by molar-refractivity contribution is -0.186. The first-order valence-corrected chi connectivity index (χ1v) is 6.49. The van der Waals surface area contributed by atoms with Gasteiger partial charge in [0.1, 0.15) is 0 Å². The van der Waals surface area contributed by atoms with Gasteiger partial charge < -0.3 is 4.74 Å². The Balaban J connectivity index is 2.95. The van der Waals surface area contributed by atoms with Crippen molar-refractivity contribution < 1.29 is 22.7 Å². The molecular weight excluding hydrogens is 281 g/mol. The molecule has 2 nitrogen and oxygen atoms in total. The first kappa shape index (κ1) is 17.3. The van der Waals surface area contributed by atoms with Crippen LogP contribution in [0, 0.1) is 5.92 Å². The molecule has 1 unspecified atom stereocenters. The molecule has 0 N–H and O–H groups in total. The van der Waals surface area contributed by atoms with E-state index in [0.717, 1.165) is 18.7 Å². The van der Waals surface area contributed by atoms with Crippen molar-refractivity contribution in [1.82, 2.24) is 0 Å². The van der Waals surface area contributed by atoms with E-state index in [2.05, 4.69) is 25.5 Å². The maximum Gasteiger partial charge on any atom is 0.405 e. The Morgan fingerprint density at radius 2 is 1.67 bits per heavy atom. The van der Waals surface area contributed by atoms with Crippen molar-refractivity contribution in [3.05, 3.63) is 41.5 Å². The second kappa shape index (κ2) is 6.33. The zero-order chi connectivity index (χ0) is 16.3. The summed E-state index contributed by atoms with van der Waals surface area (Å²) in [5.41, 5.74) is 1.66. The Labute approximate surface area is 122 Å². The predicted octanol–water partition coefficient (Wildman–Crippen LogP) is 4.35. The zero-order valence-corrected chi connectivity index (χ0v) is 12.5. The first-order chi connectivity index (χ1) is 9.55. The third-order valence-corrected chi connectivity index (χ3v) is 3.07. The fraction of sp³-hybridized carbons (Fsp3) is 0.438. The number of hydrogen-bond donors (Lipinski definition) is 0. The smallest absolute Gasteiger partial charge is 0.405 e. The highest BCUT2D eigenvalue weighted by Gasteiger charge is 2.43. The van der Waals surface area contributed by atoms with Crippen LogP contribution < -0.4 is 0 Å². The van der Waals surface area contributed by atoms with Gasteiger partial charge >= 0.3 is 12.1 Å². The number of alkyl halides is 3. The van der Waals surface area contributed by atoms with Crippen LogP contribution in [0.3, 0.4) is 0 Å². The van der Waals surface area contributed by atoms with Crippen LogP contribution in [-0.2, 0) is 14.9 Å². The van der Waals surface area contributed by atoms with Gasteiger partial charge in [-0.05, 0) is 16.5 Å². The molecule has 1 aromatic rings. The molecule has 5 heteroatoms. The molecule has 0 heterocycles. The van der Waals surface area contributed by atoms with Crippen LogP contribution in [0.2, 0.25) is 0 Å². The van der Waals surface area contributed by atoms with Crippen molar-refractivity contribution in [3.63, 3.8) is 0 Å². The summed E-state index contributed by atoms with van der Waals surface area (Å²) < 4.78 is 42.4. The molecule has 0 aromatic heterocycles. The molecule has 0 fully saturated rings. The van der Waals surface area contributed by atoms with Gasteiger partial charge in [0.2, 0.25) is 0 Å². The monoisotopic (exact) mass is 300 g/mol. The number of halogens is 3. The number of carbonyl (C=O) groups excluding carboxylic acids is 1. The number of carbonyl (C=O) groups is 1. The fourth-order valence-electron chi connectivity index (χ4n) is 1.75. The molecule has 0 aliphatic heterocycles. The maximum atomic E-state index is 12.7. The average molecular weight is 300 g/mol. The van der Waals surface area contributed by atoms with Crippen molar-refractivity contribution in [2.45, 2.75) is 32.4 Å². The predicted molar refractivity (Wildman–Crippen MR) is 75.7 cm³/mol. The van der Waals surface area contributed by atoms with E-state index in [0.29, 0.717) is 5.56 Å². The largest absolute Gasteiger partial charge is 0.468 e. The Kier molecular flexibility index (Phi) is 5.20. The highest BCUT2D eigenvalue weighted by Crippen LogP contribution is 2.29. The number of rotatable bonds is 3. The highest BCUT2D eigenvalue weighted by atomic mass is 19.4. The van der Waals surface area contributed by atoms with Crippen LogP contribution in [0.4, 0.5) is 13.2 Å². The minimum Gasteiger partial charge on any atom is -0.468 e. The second-order valence-electron chi connectivity index (χ2n) is 5.77. The maximum absolute atomic E-state index is 12.7. The molecule has 0 radical (unpaired) electrons. The van der Waals surface area contributed by atoms with Crippen LogP contribution in [-0.4, -0.2) is 19.3 Å². The number of hydrogen-bond acceptors (Lipinski definition) is 2. The molecule has 0 aliphatic rings. The minimum atomic E-state index is -4.66. The first-order valence-electron chi connectivity index (χ1n) is 6.49. The lowest BCUT2D eigenvalue weighted by Gasteiger charge is -2.18. The van der Waals surface area contributed by atoms with Crippen LogP contribution in [0.15, 0.2) is 30.3 Å². The molecule has 116 valence electrons. The zero-order valence-electron chi connectivity index (χ0n) is 12.5. The van der Waals surface area contributed by atoms with E-state index < -0.39 is 18.1 Å². The molecule has 0 saturated carbocycles. The van der Waals surface area contributed by atoms with E-state index in [-0.39, 0.29) is 5.41 Å². The summed E-state index contributed by atoms with van der Waals surface area (Å²) >= 11 is 0. The number of benzene rings is 1. The standard InChI is InChI=1S/C16H19F3O2/c1-15(2,3)12-8-5-11(6-9-12)7-10-13(14(20)21-4)16(17,18)19/h5-10,13H,1-4H3/b10-7-. The van der Waals surface area contributed by atoms with Gasteiger partial charge in [-0.15, -0.1) is 0 Å². The van der Waals surface area contributed by atoms with E-state index in [1.807, 2.05) is 12.1 Å². The van der Waals surface area contributed by atoms with Crippen LogP contribution in [0.1, 0.15) is 31.9 Å². The van der Waals surface area contributed by atoms with Crippen LogP contribution in [0.5, 0.6) is 0 Å². The van der Waals surface area contributed by atoms with E-state index in [1.165, 1.54) is 6.08 Å². The van der Waals surface area contributed by atoms with Crippen molar-refractivity contribution in [2.24, 2.45) is 5.92 Å². The quantitative estimate of drug-likeness (QED) is 0.776. The summed E-state index contributed by atoms with van der Waals surface area (Å²) in [5.74, 6) is -3.56. The Bertz CT molecular complexity index is 508. The van der Waals surface area contributed by atoms with Crippen molar-refractivity contribution in [2.75, 3.05) is 7.11 Å². The third-order valence-electron chi connectivity index (χ3n) is 3.07. The molecule has 0 amide bonds. The highest BCUT2D eigenvalue weighted by molar-refractivity contribution is 5.76. The fourth-order valence-corrected chi connectivity index (χ4v) is 1.75. The lowest BCUT2D eigenvalue weighted by Crippen LogP contribution is -2.29. The molecule has 0 aliphatic carbocycles. The molecule has 0 bridgehead atoms. The summed E-state index contributed by atoms with van der Waals surface area (Å²) in [5, 5.41) is 0. The van der Waals surface area contributed by atoms with Gasteiger partial charge in [0, 0.05) is 0 Å². The molecule has 21 heavy (non-hydrogen) atoms. The van der Waals surface area contributed by atoms with Gasteiger partial charge in [-0.3, -0.25) is 4.79 Å². The van der Waals surface area contributed by atoms with E-state index >= 15 is 0 Å². The molecule has 0 saturated heterocycles. The Morgan fingerprint density at radius 1 is 1.14 bits per heavy atom. The van der Waals surface area contributed by atoms with Crippen molar-refractivity contribution in [1.29, 1.82) is 0 Å². The van der Waals surface area contributed by atoms with Gasteiger partial charge in [-0.1, -0.05) is 57.2 Å². The third kappa shape index (κ3) is 4.92. The molecule has 1 aromatic carbocycles. The SMILES string of the molecule is COC(=O)C(/C=C\c1ccc(C(C)(C)C)cc1)C(F)(F)F. The van der Waals surface area contributed by atoms with E-state index in [4.69, 9.17) is 0 Å². The van der Waals surface area contributed by atoms with E-state index in [9.17, 15) is 18.0 Å². The summed E-state index contributed by atoms with van der Waals surface area (Å²) in [6.45, 7) is 6.15. The lowest BCUT2D eigenvalue weighted by atomic mass is 9.86. The Hall–Kier alpha value is -1.78. The molecule has 1 rings (SSSR count). The molecule has 0 spiro atoms. The Morgan fingerprint density at radius 3 is 2.05 bits per heavy atom. The van der Waals surface area contributed by atoms with Crippen LogP contribution in [0.25, 0.3) is 6.08 Å². The average Bonchev–Trinajstić information content (AvgIpc) is 2.36. The van der Waals surface area contributed by atoms with Crippen molar-refractivity contribution in [3.8, 4) is 0 Å². The molecule has 1 atom stereocenters. The topological polar surface area (TPSA) is 26.3 Å². The van der Waals surface area contributed by atoms with Gasteiger partial charge in [0.05, 0.1) is 7.11 Å². The number of methoxy groups -OCH3 is 1. The van der Waals surface area contributed by atoms with Crippen LogP contribution >= 0.6 is 0 Å². The second-order valence-corrected chi connectivity index (χ2v) is 5.77. The summed E-state index contributed by atoms with van der Waals surface area (Å²) in [6.07, 6.45) is -2.56. The molecular formula is C16H19F3O2.